The van der Waals surface area contributed by atoms with Crippen LogP contribution in [0.25, 0.3) is 0 Å². The number of methoxy groups -OCH3 is 1. The van der Waals surface area contributed by atoms with E-state index in [1.807, 2.05) is 0 Å². The fraction of sp³-hybridized carbons (Fsp3) is 0.917. The third-order valence-corrected chi connectivity index (χ3v) is 3.71. The van der Waals surface area contributed by atoms with E-state index >= 15 is 0 Å². The number of hydrogen-bond donors (Lipinski definition) is 3. The van der Waals surface area contributed by atoms with Crippen LogP contribution in [-0.4, -0.2) is 71.6 Å². The maximum Gasteiger partial charge on any atom is 0.308 e. The Labute approximate surface area is 111 Å². The van der Waals surface area contributed by atoms with E-state index < -0.39 is 24.4 Å². The van der Waals surface area contributed by atoms with E-state index in [1.165, 1.54) is 7.11 Å². The van der Waals surface area contributed by atoms with Crippen LogP contribution < -0.4 is 0 Å². The van der Waals surface area contributed by atoms with E-state index in [-0.39, 0.29) is 31.2 Å². The maximum absolute atomic E-state index is 11.2. The van der Waals surface area contributed by atoms with Crippen molar-refractivity contribution in [1.29, 1.82) is 0 Å². The van der Waals surface area contributed by atoms with Crippen LogP contribution in [0.3, 0.4) is 0 Å². The van der Waals surface area contributed by atoms with Crippen molar-refractivity contribution in [3.63, 3.8) is 0 Å². The average Bonchev–Trinajstić information content (AvgIpc) is 2.43. The molecule has 0 aliphatic carbocycles. The van der Waals surface area contributed by atoms with Crippen LogP contribution in [0.5, 0.6) is 0 Å². The van der Waals surface area contributed by atoms with Gasteiger partial charge < -0.3 is 29.5 Å². The number of fused-ring (bicyclic) bond motifs is 1. The summed E-state index contributed by atoms with van der Waals surface area (Å²) < 4.78 is 15.7. The molecule has 0 saturated carbocycles. The molecule has 0 aromatic rings. The van der Waals surface area contributed by atoms with E-state index in [4.69, 9.17) is 14.6 Å². The molecule has 1 unspecified atom stereocenters. The Morgan fingerprint density at radius 1 is 1.26 bits per heavy atom. The van der Waals surface area contributed by atoms with Crippen molar-refractivity contribution in [3.05, 3.63) is 0 Å². The molecule has 2 rings (SSSR count). The van der Waals surface area contributed by atoms with Gasteiger partial charge in [0.15, 0.2) is 0 Å². The summed E-state index contributed by atoms with van der Waals surface area (Å²) in [6, 6.07) is 0. The zero-order valence-corrected chi connectivity index (χ0v) is 10.8. The molecule has 2 aliphatic heterocycles. The molecule has 110 valence electrons. The van der Waals surface area contributed by atoms with Crippen molar-refractivity contribution in [3.8, 4) is 0 Å². The molecule has 0 aromatic carbocycles. The van der Waals surface area contributed by atoms with Gasteiger partial charge in [-0.3, -0.25) is 4.79 Å². The molecule has 2 saturated heterocycles. The molecule has 19 heavy (non-hydrogen) atoms. The number of hydrogen-bond acceptors (Lipinski definition) is 7. The van der Waals surface area contributed by atoms with Crippen molar-refractivity contribution < 1.29 is 34.3 Å². The lowest BCUT2D eigenvalue weighted by atomic mass is 9.89. The summed E-state index contributed by atoms with van der Waals surface area (Å²) in [7, 11) is 1.31. The van der Waals surface area contributed by atoms with Gasteiger partial charge in [0.05, 0.1) is 32.3 Å². The lowest BCUT2D eigenvalue weighted by molar-refractivity contribution is -0.268. The number of aliphatic hydroxyl groups excluding tert-OH is 3. The van der Waals surface area contributed by atoms with Crippen LogP contribution in [0.2, 0.25) is 0 Å². The highest BCUT2D eigenvalue weighted by Crippen LogP contribution is 2.32. The summed E-state index contributed by atoms with van der Waals surface area (Å²) in [4.78, 5) is 11.2. The number of esters is 1. The van der Waals surface area contributed by atoms with Crippen LogP contribution in [0.1, 0.15) is 19.3 Å². The molecule has 7 heteroatoms. The molecule has 0 amide bonds. The van der Waals surface area contributed by atoms with Crippen molar-refractivity contribution in [1.82, 2.24) is 0 Å². The average molecular weight is 276 g/mol. The van der Waals surface area contributed by atoms with E-state index in [0.29, 0.717) is 12.8 Å². The fourth-order valence-corrected chi connectivity index (χ4v) is 2.63. The van der Waals surface area contributed by atoms with E-state index in [1.54, 1.807) is 0 Å². The van der Waals surface area contributed by atoms with Crippen LogP contribution in [0.4, 0.5) is 0 Å². The number of aliphatic hydroxyl groups is 3. The number of ether oxygens (including phenoxy) is 3. The Hall–Kier alpha value is -0.730. The Morgan fingerprint density at radius 3 is 2.63 bits per heavy atom. The van der Waals surface area contributed by atoms with Crippen molar-refractivity contribution in [2.45, 2.75) is 55.9 Å². The zero-order chi connectivity index (χ0) is 14.0. The second kappa shape index (κ2) is 6.15. The fourth-order valence-electron chi connectivity index (χ4n) is 2.63. The first-order valence-electron chi connectivity index (χ1n) is 6.41. The molecule has 6 atom stereocenters. The molecule has 0 radical (unpaired) electrons. The monoisotopic (exact) mass is 276 g/mol. The Morgan fingerprint density at radius 2 is 2.00 bits per heavy atom. The minimum absolute atomic E-state index is 0.117. The highest BCUT2D eigenvalue weighted by molar-refractivity contribution is 5.69. The zero-order valence-electron chi connectivity index (χ0n) is 10.8. The van der Waals surface area contributed by atoms with Crippen LogP contribution in [-0.2, 0) is 19.0 Å². The molecule has 0 spiro atoms. The molecule has 2 heterocycles. The number of carbonyl (C=O) groups excluding carboxylic acids is 1. The first-order valence-corrected chi connectivity index (χ1v) is 6.41. The molecular weight excluding hydrogens is 256 g/mol. The molecule has 0 bridgehead atoms. The molecule has 2 aliphatic rings. The van der Waals surface area contributed by atoms with Gasteiger partial charge in [0.2, 0.25) is 0 Å². The van der Waals surface area contributed by atoms with Gasteiger partial charge in [0.25, 0.3) is 0 Å². The standard InChI is InChI=1S/C12H20O7/c1-17-9(14)4-6-2-3-7-12(18-6)11(16)10(15)8(5-13)19-7/h6-8,10-13,15-16H,2-5H2,1H3/t6?,7-,8-,10+,11+,12-/m0/s1. The van der Waals surface area contributed by atoms with Gasteiger partial charge in [-0.2, -0.15) is 0 Å². The predicted molar refractivity (Wildman–Crippen MR) is 62.3 cm³/mol. The van der Waals surface area contributed by atoms with Gasteiger partial charge in [0.1, 0.15) is 24.4 Å². The third-order valence-electron chi connectivity index (χ3n) is 3.71. The lowest BCUT2D eigenvalue weighted by Gasteiger charge is -2.46. The summed E-state index contributed by atoms with van der Waals surface area (Å²) >= 11 is 0. The van der Waals surface area contributed by atoms with E-state index in [2.05, 4.69) is 4.74 Å². The predicted octanol–water partition coefficient (Wildman–Crippen LogP) is -1.42. The van der Waals surface area contributed by atoms with Gasteiger partial charge in [0, 0.05) is 0 Å². The van der Waals surface area contributed by atoms with Crippen molar-refractivity contribution in [2.75, 3.05) is 13.7 Å². The molecule has 2 fully saturated rings. The second-order valence-corrected chi connectivity index (χ2v) is 4.96. The molecule has 0 aromatic heterocycles. The molecule has 7 nitrogen and oxygen atoms in total. The summed E-state index contributed by atoms with van der Waals surface area (Å²) in [5.41, 5.74) is 0. The normalized spacial score (nSPS) is 42.5. The highest BCUT2D eigenvalue weighted by Gasteiger charge is 2.47. The minimum Gasteiger partial charge on any atom is -0.469 e. The Balaban J connectivity index is 1.98. The highest BCUT2D eigenvalue weighted by atomic mass is 16.6. The van der Waals surface area contributed by atoms with E-state index in [0.717, 1.165) is 0 Å². The Bertz CT molecular complexity index is 319. The second-order valence-electron chi connectivity index (χ2n) is 4.96. The quantitative estimate of drug-likeness (QED) is 0.543. The number of carbonyl (C=O) groups is 1. The molecular formula is C12H20O7. The van der Waals surface area contributed by atoms with E-state index in [9.17, 15) is 15.0 Å². The topological polar surface area (TPSA) is 105 Å². The van der Waals surface area contributed by atoms with Crippen LogP contribution in [0.15, 0.2) is 0 Å². The van der Waals surface area contributed by atoms with Crippen molar-refractivity contribution >= 4 is 5.97 Å². The number of rotatable bonds is 3. The first-order chi connectivity index (χ1) is 9.06. The first kappa shape index (κ1) is 14.7. The van der Waals surface area contributed by atoms with Crippen molar-refractivity contribution in [2.24, 2.45) is 0 Å². The van der Waals surface area contributed by atoms with Gasteiger partial charge in [-0.05, 0) is 12.8 Å². The minimum atomic E-state index is -1.19. The van der Waals surface area contributed by atoms with Crippen LogP contribution >= 0.6 is 0 Å². The van der Waals surface area contributed by atoms with Gasteiger partial charge in [-0.25, -0.2) is 0 Å². The SMILES string of the molecule is COC(=O)CC1CC[C@@H]2O[C@@H](CO)[C@@H](O)[C@@H](O)[C@H]2O1. The smallest absolute Gasteiger partial charge is 0.308 e. The largest absolute Gasteiger partial charge is 0.469 e. The maximum atomic E-state index is 11.2. The summed E-state index contributed by atoms with van der Waals surface area (Å²) in [6.07, 6.45) is -3.18. The summed E-state index contributed by atoms with van der Waals surface area (Å²) in [5, 5.41) is 28.9. The molecule has 3 N–H and O–H groups in total. The lowest BCUT2D eigenvalue weighted by Crippen LogP contribution is -2.61. The summed E-state index contributed by atoms with van der Waals surface area (Å²) in [6.45, 7) is -0.354. The van der Waals surface area contributed by atoms with Gasteiger partial charge in [-0.1, -0.05) is 0 Å². The Kier molecular flexibility index (Phi) is 4.75. The van der Waals surface area contributed by atoms with Gasteiger partial charge in [-0.15, -0.1) is 0 Å². The van der Waals surface area contributed by atoms with Gasteiger partial charge >= 0.3 is 5.97 Å². The van der Waals surface area contributed by atoms with Crippen LogP contribution in [0, 0.1) is 0 Å². The third kappa shape index (κ3) is 3.06. The summed E-state index contributed by atoms with van der Waals surface area (Å²) in [5.74, 6) is -0.372.